The smallest absolute Gasteiger partial charge is 0.122 e. The Bertz CT molecular complexity index is 403. The van der Waals surface area contributed by atoms with Crippen LogP contribution in [-0.4, -0.2) is 44.1 Å². The molecule has 1 N–H and O–H groups in total. The van der Waals surface area contributed by atoms with Crippen LogP contribution >= 0.6 is 11.8 Å². The van der Waals surface area contributed by atoms with Crippen molar-refractivity contribution in [3.63, 3.8) is 0 Å². The van der Waals surface area contributed by atoms with Crippen molar-refractivity contribution in [3.05, 3.63) is 23.3 Å². The molecule has 0 radical (unpaired) electrons. The van der Waals surface area contributed by atoms with Gasteiger partial charge in [-0.15, -0.1) is 11.8 Å². The van der Waals surface area contributed by atoms with E-state index in [-0.39, 0.29) is 0 Å². The Balaban J connectivity index is 1.98. The second-order valence-electron chi connectivity index (χ2n) is 4.73. The van der Waals surface area contributed by atoms with Crippen LogP contribution in [0.1, 0.15) is 11.1 Å². The zero-order chi connectivity index (χ0) is 13.0. The van der Waals surface area contributed by atoms with E-state index in [1.165, 1.54) is 16.0 Å². The Hall–Kier alpha value is -0.710. The van der Waals surface area contributed by atoms with Crippen LogP contribution in [0.4, 0.5) is 0 Å². The van der Waals surface area contributed by atoms with E-state index >= 15 is 0 Å². The minimum atomic E-state index is 0.985. The first kappa shape index (κ1) is 13.7. The summed E-state index contributed by atoms with van der Waals surface area (Å²) in [6.07, 6.45) is 0. The van der Waals surface area contributed by atoms with E-state index < -0.39 is 0 Å². The molecule has 3 nitrogen and oxygen atoms in total. The van der Waals surface area contributed by atoms with E-state index in [1.807, 2.05) is 11.8 Å². The molecule has 1 aliphatic rings. The molecule has 0 unspecified atom stereocenters. The van der Waals surface area contributed by atoms with E-state index in [1.54, 1.807) is 7.11 Å². The van der Waals surface area contributed by atoms with Crippen molar-refractivity contribution in [1.82, 2.24) is 10.2 Å². The molecule has 4 heteroatoms. The van der Waals surface area contributed by atoms with Crippen LogP contribution in [0.3, 0.4) is 0 Å². The Morgan fingerprint density at radius 1 is 1.22 bits per heavy atom. The van der Waals surface area contributed by atoms with Crippen LogP contribution in [0.5, 0.6) is 5.75 Å². The Morgan fingerprint density at radius 2 is 1.94 bits per heavy atom. The van der Waals surface area contributed by atoms with Gasteiger partial charge >= 0.3 is 0 Å². The highest BCUT2D eigenvalue weighted by atomic mass is 32.2. The van der Waals surface area contributed by atoms with Crippen molar-refractivity contribution in [2.24, 2.45) is 0 Å². The van der Waals surface area contributed by atoms with Crippen molar-refractivity contribution in [2.75, 3.05) is 39.2 Å². The van der Waals surface area contributed by atoms with Gasteiger partial charge in [0.05, 0.1) is 7.11 Å². The number of thioether (sulfide) groups is 1. The Labute approximate surface area is 114 Å². The monoisotopic (exact) mass is 266 g/mol. The first-order valence-electron chi connectivity index (χ1n) is 6.42. The molecule has 18 heavy (non-hydrogen) atoms. The molecule has 0 saturated carbocycles. The van der Waals surface area contributed by atoms with Gasteiger partial charge in [0.2, 0.25) is 0 Å². The predicted octanol–water partition coefficient (Wildman–Crippen LogP) is 2.27. The Morgan fingerprint density at radius 3 is 2.61 bits per heavy atom. The normalized spacial score (nSPS) is 16.8. The molecule has 0 spiro atoms. The topological polar surface area (TPSA) is 24.5 Å². The van der Waals surface area contributed by atoms with Crippen molar-refractivity contribution >= 4 is 11.8 Å². The lowest BCUT2D eigenvalue weighted by molar-refractivity contribution is 0.280. The summed E-state index contributed by atoms with van der Waals surface area (Å²) in [6.45, 7) is 8.79. The number of methoxy groups -OCH3 is 1. The summed E-state index contributed by atoms with van der Waals surface area (Å²) in [4.78, 5) is 3.87. The fraction of sp³-hybridized carbons (Fsp3) is 0.571. The number of ether oxygens (including phenoxy) is 1. The Kier molecular flexibility index (Phi) is 4.92. The first-order valence-corrected chi connectivity index (χ1v) is 7.40. The molecular weight excluding hydrogens is 244 g/mol. The van der Waals surface area contributed by atoms with Gasteiger partial charge < -0.3 is 10.1 Å². The second-order valence-corrected chi connectivity index (χ2v) is 5.72. The van der Waals surface area contributed by atoms with E-state index in [4.69, 9.17) is 4.74 Å². The fourth-order valence-electron chi connectivity index (χ4n) is 2.14. The molecule has 0 amide bonds. The summed E-state index contributed by atoms with van der Waals surface area (Å²) in [5.41, 5.74) is 2.52. The molecule has 1 aromatic carbocycles. The third kappa shape index (κ3) is 3.40. The van der Waals surface area contributed by atoms with E-state index in [2.05, 4.69) is 36.2 Å². The van der Waals surface area contributed by atoms with Crippen molar-refractivity contribution < 1.29 is 4.74 Å². The molecule has 0 bridgehead atoms. The van der Waals surface area contributed by atoms with Crippen LogP contribution in [0.25, 0.3) is 0 Å². The van der Waals surface area contributed by atoms with Gasteiger partial charge in [-0.25, -0.2) is 0 Å². The molecule has 2 rings (SSSR count). The van der Waals surface area contributed by atoms with Gasteiger partial charge in [-0.2, -0.15) is 0 Å². The summed E-state index contributed by atoms with van der Waals surface area (Å²) >= 11 is 1.93. The van der Waals surface area contributed by atoms with Gasteiger partial charge in [0.1, 0.15) is 5.75 Å². The molecule has 0 aliphatic carbocycles. The molecule has 1 fully saturated rings. The summed E-state index contributed by atoms with van der Waals surface area (Å²) in [7, 11) is 1.73. The van der Waals surface area contributed by atoms with Crippen LogP contribution in [0.15, 0.2) is 17.0 Å². The minimum Gasteiger partial charge on any atom is -0.496 e. The molecule has 1 saturated heterocycles. The largest absolute Gasteiger partial charge is 0.496 e. The maximum absolute atomic E-state index is 5.35. The highest BCUT2D eigenvalue weighted by Gasteiger charge is 2.11. The zero-order valence-electron chi connectivity index (χ0n) is 11.5. The molecule has 0 atom stereocenters. The summed E-state index contributed by atoms with van der Waals surface area (Å²) < 4.78 is 5.35. The standard InChI is InChI=1S/C14H22N2OS/c1-11-9-14(12(2)8-13(11)17-3)18-10-16-6-4-15-5-7-16/h8-9,15H,4-7,10H2,1-3H3. The quantitative estimate of drug-likeness (QED) is 0.845. The average molecular weight is 266 g/mol. The van der Waals surface area contributed by atoms with Gasteiger partial charge in [0.25, 0.3) is 0 Å². The minimum absolute atomic E-state index is 0.985. The SMILES string of the molecule is COc1cc(C)c(SCN2CCNCC2)cc1C. The van der Waals surface area contributed by atoms with Gasteiger partial charge in [0.15, 0.2) is 0 Å². The third-order valence-corrected chi connectivity index (χ3v) is 4.55. The van der Waals surface area contributed by atoms with Gasteiger partial charge in [-0.05, 0) is 37.1 Å². The van der Waals surface area contributed by atoms with Crippen LogP contribution in [-0.2, 0) is 0 Å². The first-order chi connectivity index (χ1) is 8.70. The summed E-state index contributed by atoms with van der Waals surface area (Å²) in [5.74, 6) is 2.06. The number of rotatable bonds is 4. The zero-order valence-corrected chi connectivity index (χ0v) is 12.3. The molecule has 1 aromatic rings. The predicted molar refractivity (Wildman–Crippen MR) is 77.6 cm³/mol. The number of nitrogens with zero attached hydrogens (tertiary/aromatic N) is 1. The highest BCUT2D eigenvalue weighted by Crippen LogP contribution is 2.29. The van der Waals surface area contributed by atoms with Gasteiger partial charge in [0, 0.05) is 37.0 Å². The summed E-state index contributed by atoms with van der Waals surface area (Å²) in [5, 5.41) is 3.38. The van der Waals surface area contributed by atoms with Crippen molar-refractivity contribution in [1.29, 1.82) is 0 Å². The van der Waals surface area contributed by atoms with Gasteiger partial charge in [-0.1, -0.05) is 0 Å². The average Bonchev–Trinajstić information content (AvgIpc) is 2.40. The lowest BCUT2D eigenvalue weighted by atomic mass is 10.1. The maximum atomic E-state index is 5.35. The molecule has 1 aliphatic heterocycles. The second kappa shape index (κ2) is 6.45. The van der Waals surface area contributed by atoms with E-state index in [9.17, 15) is 0 Å². The molecule has 1 heterocycles. The lowest BCUT2D eigenvalue weighted by Gasteiger charge is -2.27. The van der Waals surface area contributed by atoms with Crippen molar-refractivity contribution in [2.45, 2.75) is 18.7 Å². The van der Waals surface area contributed by atoms with Crippen LogP contribution in [0.2, 0.25) is 0 Å². The van der Waals surface area contributed by atoms with Crippen LogP contribution in [0, 0.1) is 13.8 Å². The number of benzene rings is 1. The maximum Gasteiger partial charge on any atom is 0.122 e. The fourth-order valence-corrected chi connectivity index (χ4v) is 3.27. The van der Waals surface area contributed by atoms with Gasteiger partial charge in [-0.3, -0.25) is 4.90 Å². The van der Waals surface area contributed by atoms with E-state index in [0.29, 0.717) is 0 Å². The number of nitrogens with one attached hydrogen (secondary N) is 1. The molecular formula is C14H22N2OS. The van der Waals surface area contributed by atoms with Crippen LogP contribution < -0.4 is 10.1 Å². The number of aryl methyl sites for hydroxylation is 2. The number of hydrogen-bond donors (Lipinski definition) is 1. The molecule has 100 valence electrons. The molecule has 0 aromatic heterocycles. The lowest BCUT2D eigenvalue weighted by Crippen LogP contribution is -2.43. The highest BCUT2D eigenvalue weighted by molar-refractivity contribution is 7.99. The summed E-state index contributed by atoms with van der Waals surface area (Å²) in [6, 6.07) is 4.37. The van der Waals surface area contributed by atoms with E-state index in [0.717, 1.165) is 37.8 Å². The third-order valence-electron chi connectivity index (χ3n) is 3.30. The number of piperazine rings is 1. The number of hydrogen-bond acceptors (Lipinski definition) is 4. The van der Waals surface area contributed by atoms with Crippen molar-refractivity contribution in [3.8, 4) is 5.75 Å².